The molecule has 5 heteroatoms. The van der Waals surface area contributed by atoms with E-state index >= 15 is 0 Å². The number of aliphatic hydroxyl groups is 1. The summed E-state index contributed by atoms with van der Waals surface area (Å²) in [6.07, 6.45) is 0. The average molecular weight is 226 g/mol. The lowest BCUT2D eigenvalue weighted by molar-refractivity contribution is 0.0905. The molecule has 16 heavy (non-hydrogen) atoms. The van der Waals surface area contributed by atoms with Crippen LogP contribution in [0.25, 0.3) is 0 Å². The van der Waals surface area contributed by atoms with Gasteiger partial charge in [0.05, 0.1) is 0 Å². The number of nitrogens with one attached hydrogen (secondary N) is 1. The molecule has 2 N–H and O–H groups in total. The van der Waals surface area contributed by atoms with Crippen molar-refractivity contribution in [2.75, 3.05) is 13.2 Å². The van der Waals surface area contributed by atoms with Crippen LogP contribution >= 0.6 is 0 Å². The van der Waals surface area contributed by atoms with Gasteiger partial charge in [0.15, 0.2) is 0 Å². The van der Waals surface area contributed by atoms with Gasteiger partial charge in [0.25, 0.3) is 5.91 Å². The van der Waals surface area contributed by atoms with Crippen LogP contribution in [-0.4, -0.2) is 29.1 Å². The molecule has 1 heterocycles. The van der Waals surface area contributed by atoms with Crippen molar-refractivity contribution >= 4 is 5.91 Å². The molecule has 1 aromatic heterocycles. The Labute approximate surface area is 93.5 Å². The molecule has 0 saturated carbocycles. The predicted octanol–water partition coefficient (Wildman–Crippen LogP) is 0.969. The van der Waals surface area contributed by atoms with Crippen LogP contribution in [0.2, 0.25) is 0 Å². The van der Waals surface area contributed by atoms with Crippen molar-refractivity contribution in [2.45, 2.75) is 13.8 Å². The molecule has 0 spiro atoms. The van der Waals surface area contributed by atoms with Crippen LogP contribution in [0.5, 0.6) is 0 Å². The first-order valence-electron chi connectivity index (χ1n) is 4.96. The van der Waals surface area contributed by atoms with E-state index in [2.05, 4.69) is 10.3 Å². The minimum atomic E-state index is -0.686. The molecule has 0 aliphatic rings. The Balaban J connectivity index is 2.60. The Morgan fingerprint density at radius 2 is 2.25 bits per heavy atom. The zero-order valence-corrected chi connectivity index (χ0v) is 9.33. The molecule has 1 amide bonds. The molecule has 0 radical (unpaired) electrons. The lowest BCUT2D eigenvalue weighted by atomic mass is 9.95. The van der Waals surface area contributed by atoms with Crippen molar-refractivity contribution in [2.24, 2.45) is 5.41 Å². The van der Waals surface area contributed by atoms with E-state index in [4.69, 9.17) is 5.11 Å². The number of carbonyl (C=O) groups excluding carboxylic acids is 1. The Kier molecular flexibility index (Phi) is 3.95. The number of pyridine rings is 1. The molecule has 1 rings (SSSR count). The molecule has 1 aromatic rings. The van der Waals surface area contributed by atoms with Crippen molar-refractivity contribution in [1.82, 2.24) is 10.3 Å². The fraction of sp³-hybridized carbons (Fsp3) is 0.455. The van der Waals surface area contributed by atoms with Crippen molar-refractivity contribution in [3.8, 4) is 0 Å². The highest BCUT2D eigenvalue weighted by Crippen LogP contribution is 2.11. The molecule has 0 saturated heterocycles. The summed E-state index contributed by atoms with van der Waals surface area (Å²) in [4.78, 5) is 15.0. The van der Waals surface area contributed by atoms with Gasteiger partial charge in [-0.1, -0.05) is 19.9 Å². The van der Waals surface area contributed by atoms with Gasteiger partial charge >= 0.3 is 0 Å². The van der Waals surface area contributed by atoms with Crippen molar-refractivity contribution in [3.63, 3.8) is 0 Å². The Bertz CT molecular complexity index is 380. The van der Waals surface area contributed by atoms with Gasteiger partial charge in [0, 0.05) is 18.6 Å². The van der Waals surface area contributed by atoms with Gasteiger partial charge in [-0.05, 0) is 12.1 Å². The van der Waals surface area contributed by atoms with E-state index in [-0.39, 0.29) is 12.3 Å². The van der Waals surface area contributed by atoms with Crippen molar-refractivity contribution in [1.29, 1.82) is 0 Å². The Hall–Kier alpha value is -1.49. The fourth-order valence-electron chi connectivity index (χ4n) is 1.00. The number of nitrogens with zero attached hydrogens (tertiary/aromatic N) is 1. The van der Waals surface area contributed by atoms with Gasteiger partial charge in [0.2, 0.25) is 5.95 Å². The minimum absolute atomic E-state index is 0.0359. The van der Waals surface area contributed by atoms with E-state index in [1.165, 1.54) is 18.2 Å². The molecular weight excluding hydrogens is 211 g/mol. The molecule has 0 atom stereocenters. The first kappa shape index (κ1) is 12.6. The van der Waals surface area contributed by atoms with E-state index in [0.717, 1.165) is 0 Å². The van der Waals surface area contributed by atoms with Crippen LogP contribution in [0, 0.1) is 11.4 Å². The van der Waals surface area contributed by atoms with Crippen LogP contribution in [-0.2, 0) is 0 Å². The highest BCUT2D eigenvalue weighted by atomic mass is 19.1. The maximum atomic E-state index is 12.7. The van der Waals surface area contributed by atoms with Crippen molar-refractivity contribution < 1.29 is 14.3 Å². The predicted molar refractivity (Wildman–Crippen MR) is 57.4 cm³/mol. The second kappa shape index (κ2) is 5.03. The van der Waals surface area contributed by atoms with Crippen LogP contribution in [0.15, 0.2) is 18.2 Å². The number of aromatic nitrogens is 1. The highest BCUT2D eigenvalue weighted by Gasteiger charge is 2.18. The zero-order valence-electron chi connectivity index (χ0n) is 9.33. The first-order valence-corrected chi connectivity index (χ1v) is 4.96. The maximum absolute atomic E-state index is 12.7. The topological polar surface area (TPSA) is 62.2 Å². The summed E-state index contributed by atoms with van der Waals surface area (Å²) in [7, 11) is 0. The molecule has 0 aromatic carbocycles. The molecule has 0 fully saturated rings. The summed E-state index contributed by atoms with van der Waals surface area (Å²) in [6, 6.07) is 4.03. The van der Waals surface area contributed by atoms with E-state index in [9.17, 15) is 9.18 Å². The number of rotatable bonds is 4. The second-order valence-electron chi connectivity index (χ2n) is 4.35. The van der Waals surface area contributed by atoms with Crippen LogP contribution in [0.4, 0.5) is 4.39 Å². The second-order valence-corrected chi connectivity index (χ2v) is 4.35. The van der Waals surface area contributed by atoms with Gasteiger partial charge < -0.3 is 10.4 Å². The third-order valence-corrected chi connectivity index (χ3v) is 2.10. The van der Waals surface area contributed by atoms with Gasteiger partial charge in [-0.3, -0.25) is 4.79 Å². The van der Waals surface area contributed by atoms with Crippen LogP contribution in [0.1, 0.15) is 24.3 Å². The summed E-state index contributed by atoms with van der Waals surface area (Å²) in [6.45, 7) is 3.89. The van der Waals surface area contributed by atoms with Gasteiger partial charge in [-0.25, -0.2) is 4.98 Å². The van der Waals surface area contributed by atoms with E-state index in [0.29, 0.717) is 6.54 Å². The monoisotopic (exact) mass is 226 g/mol. The lowest BCUT2D eigenvalue weighted by Crippen LogP contribution is -2.36. The van der Waals surface area contributed by atoms with E-state index in [1.807, 2.05) is 13.8 Å². The normalized spacial score (nSPS) is 11.2. The number of hydrogen-bond donors (Lipinski definition) is 2. The number of carbonyl (C=O) groups is 1. The van der Waals surface area contributed by atoms with Gasteiger partial charge in [0.1, 0.15) is 5.69 Å². The molecule has 88 valence electrons. The smallest absolute Gasteiger partial charge is 0.270 e. The molecule has 0 unspecified atom stereocenters. The van der Waals surface area contributed by atoms with Gasteiger partial charge in [-0.2, -0.15) is 4.39 Å². The fourth-order valence-corrected chi connectivity index (χ4v) is 1.00. The summed E-state index contributed by atoms with van der Waals surface area (Å²) >= 11 is 0. The first-order chi connectivity index (χ1) is 7.44. The quantitative estimate of drug-likeness (QED) is 0.752. The third-order valence-electron chi connectivity index (χ3n) is 2.10. The maximum Gasteiger partial charge on any atom is 0.270 e. The summed E-state index contributed by atoms with van der Waals surface area (Å²) in [5, 5.41) is 11.6. The Morgan fingerprint density at radius 1 is 1.56 bits per heavy atom. The number of hydrogen-bond acceptors (Lipinski definition) is 3. The van der Waals surface area contributed by atoms with Gasteiger partial charge in [-0.15, -0.1) is 0 Å². The SMILES string of the molecule is CC(C)(CO)CNC(=O)c1cccc(F)n1. The van der Waals surface area contributed by atoms with Crippen LogP contribution < -0.4 is 5.32 Å². The lowest BCUT2D eigenvalue weighted by Gasteiger charge is -2.21. The standard InChI is InChI=1S/C11H15FN2O2/c1-11(2,7-15)6-13-10(16)8-4-3-5-9(12)14-8/h3-5,15H,6-7H2,1-2H3,(H,13,16). The average Bonchev–Trinajstić information content (AvgIpc) is 2.26. The largest absolute Gasteiger partial charge is 0.396 e. The molecule has 0 aliphatic heterocycles. The minimum Gasteiger partial charge on any atom is -0.396 e. The Morgan fingerprint density at radius 3 is 2.81 bits per heavy atom. The zero-order chi connectivity index (χ0) is 12.2. The highest BCUT2D eigenvalue weighted by molar-refractivity contribution is 5.92. The number of amides is 1. The summed E-state index contributed by atoms with van der Waals surface area (Å²) < 4.78 is 12.7. The van der Waals surface area contributed by atoms with E-state index < -0.39 is 17.3 Å². The van der Waals surface area contributed by atoms with Crippen LogP contribution in [0.3, 0.4) is 0 Å². The summed E-state index contributed by atoms with van der Waals surface area (Å²) in [5.41, 5.74) is -0.364. The number of halogens is 1. The molecular formula is C11H15FN2O2. The molecule has 0 bridgehead atoms. The third kappa shape index (κ3) is 3.58. The summed E-state index contributed by atoms with van der Waals surface area (Å²) in [5.74, 6) is -1.13. The van der Waals surface area contributed by atoms with Crippen molar-refractivity contribution in [3.05, 3.63) is 29.8 Å². The van der Waals surface area contributed by atoms with E-state index in [1.54, 1.807) is 0 Å². The molecule has 4 nitrogen and oxygen atoms in total. The molecule has 0 aliphatic carbocycles. The number of aliphatic hydroxyl groups excluding tert-OH is 1.